The number of hydrogen-bond donors (Lipinski definition) is 1. The molecule has 1 aromatic rings. The maximum absolute atomic E-state index is 11.1. The second-order valence-corrected chi connectivity index (χ2v) is 4.61. The van der Waals surface area contributed by atoms with Crippen LogP contribution >= 0.6 is 0 Å². The summed E-state index contributed by atoms with van der Waals surface area (Å²) in [6, 6.07) is 0. The van der Waals surface area contributed by atoms with Gasteiger partial charge in [0, 0.05) is 32.7 Å². The minimum Gasteiger partial charge on any atom is -0.354 e. The Balaban J connectivity index is 2.23. The van der Waals surface area contributed by atoms with Crippen molar-refractivity contribution >= 4 is 17.5 Å². The average Bonchev–Trinajstić information content (AvgIpc) is 2.47. The highest BCUT2D eigenvalue weighted by molar-refractivity contribution is 5.59. The van der Waals surface area contributed by atoms with E-state index in [2.05, 4.69) is 27.1 Å². The van der Waals surface area contributed by atoms with Gasteiger partial charge in [0.15, 0.2) is 0 Å². The molecule has 8 nitrogen and oxygen atoms in total. The predicted octanol–water partition coefficient (Wildman–Crippen LogP) is 0.958. The third-order valence-corrected chi connectivity index (χ3v) is 3.40. The molecule has 1 aromatic heterocycles. The molecule has 1 aliphatic rings. The molecule has 1 aliphatic heterocycles. The van der Waals surface area contributed by atoms with Crippen molar-refractivity contribution in [3.8, 4) is 0 Å². The van der Waals surface area contributed by atoms with E-state index in [9.17, 15) is 10.1 Å². The molecular weight excluding hydrogens is 260 g/mol. The van der Waals surface area contributed by atoms with Crippen LogP contribution in [0.5, 0.6) is 0 Å². The summed E-state index contributed by atoms with van der Waals surface area (Å²) < 4.78 is 0. The van der Waals surface area contributed by atoms with Gasteiger partial charge in [-0.2, -0.15) is 4.98 Å². The Labute approximate surface area is 118 Å². The van der Waals surface area contributed by atoms with Crippen LogP contribution < -0.4 is 10.2 Å². The number of hydrogen-bond acceptors (Lipinski definition) is 7. The van der Waals surface area contributed by atoms with E-state index < -0.39 is 4.92 Å². The Hall–Kier alpha value is -1.96. The molecule has 20 heavy (non-hydrogen) atoms. The van der Waals surface area contributed by atoms with Gasteiger partial charge >= 0.3 is 5.69 Å². The SMILES string of the molecule is CCNc1ncc([N+](=O)[O-])c(N2CCN(CC)CC2)n1. The van der Waals surface area contributed by atoms with Gasteiger partial charge in [-0.05, 0) is 13.5 Å². The third kappa shape index (κ3) is 3.13. The summed E-state index contributed by atoms with van der Waals surface area (Å²) in [5.41, 5.74) is -0.0309. The third-order valence-electron chi connectivity index (χ3n) is 3.40. The zero-order valence-corrected chi connectivity index (χ0v) is 11.9. The second-order valence-electron chi connectivity index (χ2n) is 4.61. The fourth-order valence-electron chi connectivity index (χ4n) is 2.25. The molecule has 1 N–H and O–H groups in total. The quantitative estimate of drug-likeness (QED) is 0.634. The van der Waals surface area contributed by atoms with Gasteiger partial charge < -0.3 is 15.1 Å². The molecule has 2 heterocycles. The zero-order valence-electron chi connectivity index (χ0n) is 11.9. The van der Waals surface area contributed by atoms with Crippen molar-refractivity contribution in [1.29, 1.82) is 0 Å². The Morgan fingerprint density at radius 3 is 2.60 bits per heavy atom. The van der Waals surface area contributed by atoms with Crippen LogP contribution in [0.25, 0.3) is 0 Å². The van der Waals surface area contributed by atoms with E-state index in [0.29, 0.717) is 18.3 Å². The number of rotatable bonds is 5. The summed E-state index contributed by atoms with van der Waals surface area (Å²) in [7, 11) is 0. The number of piperazine rings is 1. The lowest BCUT2D eigenvalue weighted by Gasteiger charge is -2.34. The summed E-state index contributed by atoms with van der Waals surface area (Å²) in [5, 5.41) is 14.1. The van der Waals surface area contributed by atoms with Gasteiger partial charge in [-0.15, -0.1) is 0 Å². The molecule has 0 bridgehead atoms. The van der Waals surface area contributed by atoms with E-state index in [1.807, 2.05) is 11.8 Å². The van der Waals surface area contributed by atoms with Crippen LogP contribution in [0.15, 0.2) is 6.20 Å². The topological polar surface area (TPSA) is 87.4 Å². The van der Waals surface area contributed by atoms with Crippen LogP contribution in [0, 0.1) is 10.1 Å². The van der Waals surface area contributed by atoms with Crippen LogP contribution in [0.3, 0.4) is 0 Å². The van der Waals surface area contributed by atoms with Crippen LogP contribution in [0.2, 0.25) is 0 Å². The molecule has 0 spiro atoms. The zero-order chi connectivity index (χ0) is 14.5. The highest BCUT2D eigenvalue weighted by Crippen LogP contribution is 2.26. The molecular formula is C12H20N6O2. The molecule has 0 amide bonds. The summed E-state index contributed by atoms with van der Waals surface area (Å²) in [6.07, 6.45) is 1.28. The van der Waals surface area contributed by atoms with E-state index in [4.69, 9.17) is 0 Å². The van der Waals surface area contributed by atoms with Gasteiger partial charge in [0.1, 0.15) is 6.20 Å². The highest BCUT2D eigenvalue weighted by Gasteiger charge is 2.25. The average molecular weight is 280 g/mol. The number of aromatic nitrogens is 2. The van der Waals surface area contributed by atoms with Crippen LogP contribution in [0.4, 0.5) is 17.5 Å². The summed E-state index contributed by atoms with van der Waals surface area (Å²) in [4.78, 5) is 23.3. The molecule has 1 fully saturated rings. The molecule has 0 radical (unpaired) electrons. The molecule has 1 saturated heterocycles. The Kier molecular flexibility index (Phi) is 4.67. The predicted molar refractivity (Wildman–Crippen MR) is 77.2 cm³/mol. The minimum atomic E-state index is -0.419. The molecule has 2 rings (SSSR count). The first-order valence-electron chi connectivity index (χ1n) is 6.88. The summed E-state index contributed by atoms with van der Waals surface area (Å²) in [6.45, 7) is 9.02. The normalized spacial score (nSPS) is 16.2. The Bertz CT molecular complexity index is 473. The van der Waals surface area contributed by atoms with E-state index >= 15 is 0 Å². The molecule has 0 saturated carbocycles. The van der Waals surface area contributed by atoms with Crippen molar-refractivity contribution in [2.45, 2.75) is 13.8 Å². The van der Waals surface area contributed by atoms with Gasteiger partial charge in [-0.25, -0.2) is 4.98 Å². The lowest BCUT2D eigenvalue weighted by Crippen LogP contribution is -2.46. The van der Waals surface area contributed by atoms with Crippen molar-refractivity contribution in [2.75, 3.05) is 49.5 Å². The number of nitrogens with zero attached hydrogens (tertiary/aromatic N) is 5. The van der Waals surface area contributed by atoms with E-state index in [1.54, 1.807) is 0 Å². The maximum atomic E-state index is 11.1. The van der Waals surface area contributed by atoms with Crippen molar-refractivity contribution < 1.29 is 4.92 Å². The van der Waals surface area contributed by atoms with Crippen molar-refractivity contribution in [2.24, 2.45) is 0 Å². The molecule has 110 valence electrons. The van der Waals surface area contributed by atoms with Crippen LogP contribution in [0.1, 0.15) is 13.8 Å². The standard InChI is InChI=1S/C12H20N6O2/c1-3-13-12-14-9-10(18(19)20)11(15-12)17-7-5-16(4-2)6-8-17/h9H,3-8H2,1-2H3,(H,13,14,15). The fraction of sp³-hybridized carbons (Fsp3) is 0.667. The number of nitro groups is 1. The lowest BCUT2D eigenvalue weighted by molar-refractivity contribution is -0.384. The Morgan fingerprint density at radius 1 is 1.35 bits per heavy atom. The largest absolute Gasteiger partial charge is 0.354 e. The van der Waals surface area contributed by atoms with Gasteiger partial charge in [0.05, 0.1) is 4.92 Å². The summed E-state index contributed by atoms with van der Waals surface area (Å²) in [5.74, 6) is 0.850. The first-order chi connectivity index (χ1) is 9.65. The number of anilines is 2. The first-order valence-corrected chi connectivity index (χ1v) is 6.88. The van der Waals surface area contributed by atoms with E-state index in [-0.39, 0.29) is 5.69 Å². The molecule has 0 unspecified atom stereocenters. The highest BCUT2D eigenvalue weighted by atomic mass is 16.6. The van der Waals surface area contributed by atoms with Gasteiger partial charge in [-0.1, -0.05) is 6.92 Å². The van der Waals surface area contributed by atoms with Crippen molar-refractivity contribution in [3.63, 3.8) is 0 Å². The van der Waals surface area contributed by atoms with Gasteiger partial charge in [0.2, 0.25) is 11.8 Å². The van der Waals surface area contributed by atoms with Crippen molar-refractivity contribution in [1.82, 2.24) is 14.9 Å². The summed E-state index contributed by atoms with van der Waals surface area (Å²) >= 11 is 0. The van der Waals surface area contributed by atoms with E-state index in [1.165, 1.54) is 6.20 Å². The molecule has 0 aromatic carbocycles. The van der Waals surface area contributed by atoms with E-state index in [0.717, 1.165) is 32.7 Å². The maximum Gasteiger partial charge on any atom is 0.329 e. The van der Waals surface area contributed by atoms with Gasteiger partial charge in [0.25, 0.3) is 0 Å². The second kappa shape index (κ2) is 6.47. The van der Waals surface area contributed by atoms with Crippen LogP contribution in [-0.4, -0.2) is 59.1 Å². The monoisotopic (exact) mass is 280 g/mol. The number of likely N-dealkylation sites (N-methyl/N-ethyl adjacent to an activating group) is 1. The first kappa shape index (κ1) is 14.4. The Morgan fingerprint density at radius 2 is 2.05 bits per heavy atom. The minimum absolute atomic E-state index is 0.0309. The smallest absolute Gasteiger partial charge is 0.329 e. The van der Waals surface area contributed by atoms with Gasteiger partial charge in [-0.3, -0.25) is 10.1 Å². The molecule has 0 atom stereocenters. The lowest BCUT2D eigenvalue weighted by atomic mass is 10.3. The molecule has 8 heteroatoms. The number of nitrogens with one attached hydrogen (secondary N) is 1. The van der Waals surface area contributed by atoms with Crippen LogP contribution in [-0.2, 0) is 0 Å². The molecule has 0 aliphatic carbocycles. The van der Waals surface area contributed by atoms with Crippen molar-refractivity contribution in [3.05, 3.63) is 16.3 Å². The fourth-order valence-corrected chi connectivity index (χ4v) is 2.25.